The van der Waals surface area contributed by atoms with Gasteiger partial charge in [0.1, 0.15) is 0 Å². The van der Waals surface area contributed by atoms with Crippen LogP contribution in [-0.2, 0) is 4.79 Å². The Morgan fingerprint density at radius 2 is 1.69 bits per heavy atom. The highest BCUT2D eigenvalue weighted by Gasteiger charge is 2.26. The van der Waals surface area contributed by atoms with Crippen LogP contribution in [0, 0.1) is 11.3 Å². The van der Waals surface area contributed by atoms with Gasteiger partial charge in [0.25, 0.3) is 0 Å². The van der Waals surface area contributed by atoms with Gasteiger partial charge in [-0.3, -0.25) is 4.79 Å². The van der Waals surface area contributed by atoms with E-state index in [1.807, 2.05) is 20.8 Å². The van der Waals surface area contributed by atoms with Crippen LogP contribution in [0.25, 0.3) is 0 Å². The SMILES string of the molecule is CC(C)CC(C)(C)C(O)O.CCCC(=O)O. The second kappa shape index (κ2) is 8.53. The molecule has 0 rings (SSSR count). The van der Waals surface area contributed by atoms with Gasteiger partial charge in [-0.1, -0.05) is 34.6 Å². The zero-order chi connectivity index (χ0) is 13.4. The topological polar surface area (TPSA) is 77.8 Å². The summed E-state index contributed by atoms with van der Waals surface area (Å²) in [6.45, 7) is 9.71. The third-order valence-corrected chi connectivity index (χ3v) is 2.10. The zero-order valence-electron chi connectivity index (χ0n) is 11.0. The Morgan fingerprint density at radius 1 is 1.25 bits per heavy atom. The minimum atomic E-state index is -1.20. The van der Waals surface area contributed by atoms with E-state index in [0.717, 1.165) is 12.8 Å². The maximum Gasteiger partial charge on any atom is 0.303 e. The molecule has 0 radical (unpaired) electrons. The number of carbonyl (C=O) groups is 1. The van der Waals surface area contributed by atoms with Gasteiger partial charge in [0.2, 0.25) is 0 Å². The summed E-state index contributed by atoms with van der Waals surface area (Å²) in [5.41, 5.74) is -0.367. The number of hydrogen-bond acceptors (Lipinski definition) is 3. The van der Waals surface area contributed by atoms with E-state index in [4.69, 9.17) is 15.3 Å². The van der Waals surface area contributed by atoms with Gasteiger partial charge in [0, 0.05) is 11.8 Å². The van der Waals surface area contributed by atoms with Crippen molar-refractivity contribution in [1.29, 1.82) is 0 Å². The molecule has 3 N–H and O–H groups in total. The third-order valence-electron chi connectivity index (χ3n) is 2.10. The average molecular weight is 234 g/mol. The third kappa shape index (κ3) is 11.5. The molecule has 0 fully saturated rings. The molecule has 0 aliphatic heterocycles. The lowest BCUT2D eigenvalue weighted by Crippen LogP contribution is -2.30. The molecule has 16 heavy (non-hydrogen) atoms. The molecule has 4 nitrogen and oxygen atoms in total. The molecule has 98 valence electrons. The van der Waals surface area contributed by atoms with Crippen LogP contribution < -0.4 is 0 Å². The number of aliphatic hydroxyl groups is 2. The Balaban J connectivity index is 0. The molecule has 0 aliphatic carbocycles. The van der Waals surface area contributed by atoms with E-state index in [0.29, 0.717) is 12.3 Å². The summed E-state index contributed by atoms with van der Waals surface area (Å²) in [6.07, 6.45) is 0.662. The fourth-order valence-electron chi connectivity index (χ4n) is 1.37. The second-order valence-electron chi connectivity index (χ2n) is 5.10. The molecule has 0 heterocycles. The van der Waals surface area contributed by atoms with Crippen molar-refractivity contribution in [2.45, 2.75) is 60.2 Å². The minimum Gasteiger partial charge on any atom is -0.481 e. The van der Waals surface area contributed by atoms with Crippen molar-refractivity contribution in [1.82, 2.24) is 0 Å². The Labute approximate surface area is 98.3 Å². The summed E-state index contributed by atoms with van der Waals surface area (Å²) >= 11 is 0. The highest BCUT2D eigenvalue weighted by Crippen LogP contribution is 2.27. The van der Waals surface area contributed by atoms with Crippen LogP contribution in [0.1, 0.15) is 53.9 Å². The monoisotopic (exact) mass is 234 g/mol. The van der Waals surface area contributed by atoms with E-state index < -0.39 is 12.3 Å². The highest BCUT2D eigenvalue weighted by atomic mass is 16.5. The predicted octanol–water partition coefficient (Wildman–Crippen LogP) is 2.24. The first-order valence-corrected chi connectivity index (χ1v) is 5.71. The summed E-state index contributed by atoms with van der Waals surface area (Å²) in [5.74, 6) is -0.200. The molecule has 0 unspecified atom stereocenters. The van der Waals surface area contributed by atoms with Crippen molar-refractivity contribution < 1.29 is 20.1 Å². The van der Waals surface area contributed by atoms with Gasteiger partial charge in [0.05, 0.1) is 0 Å². The quantitative estimate of drug-likeness (QED) is 0.637. The fraction of sp³-hybridized carbons (Fsp3) is 0.917. The summed E-state index contributed by atoms with van der Waals surface area (Å²) in [7, 11) is 0. The van der Waals surface area contributed by atoms with Crippen LogP contribution >= 0.6 is 0 Å². The van der Waals surface area contributed by atoms with Gasteiger partial charge in [-0.15, -0.1) is 0 Å². The summed E-state index contributed by atoms with van der Waals surface area (Å²) in [6, 6.07) is 0. The molecule has 0 aliphatic rings. The maximum absolute atomic E-state index is 9.60. The number of carboxylic acids is 1. The number of carboxylic acid groups (broad SMARTS) is 1. The lowest BCUT2D eigenvalue weighted by Gasteiger charge is -2.28. The van der Waals surface area contributed by atoms with Crippen LogP contribution in [0.2, 0.25) is 0 Å². The van der Waals surface area contributed by atoms with E-state index in [1.165, 1.54) is 0 Å². The van der Waals surface area contributed by atoms with Crippen LogP contribution in [0.15, 0.2) is 0 Å². The molecule has 0 aromatic heterocycles. The molecule has 0 aromatic rings. The average Bonchev–Trinajstić information content (AvgIpc) is 2.01. The summed E-state index contributed by atoms with van der Waals surface area (Å²) in [4.78, 5) is 9.60. The Morgan fingerprint density at radius 3 is 1.75 bits per heavy atom. The van der Waals surface area contributed by atoms with E-state index in [-0.39, 0.29) is 5.41 Å². The maximum atomic E-state index is 9.60. The standard InChI is InChI=1S/C8H18O2.C4H8O2/c1-6(2)5-8(3,4)7(9)10;1-2-3-4(5)6/h6-7,9-10H,5H2,1-4H3;2-3H2,1H3,(H,5,6). The van der Waals surface area contributed by atoms with Crippen LogP contribution in [-0.4, -0.2) is 27.6 Å². The fourth-order valence-corrected chi connectivity index (χ4v) is 1.37. The molecule has 0 saturated carbocycles. The van der Waals surface area contributed by atoms with Gasteiger partial charge in [0.15, 0.2) is 6.29 Å². The molecular formula is C12H26O4. The van der Waals surface area contributed by atoms with E-state index in [2.05, 4.69) is 13.8 Å². The molecule has 0 saturated heterocycles. The lowest BCUT2D eigenvalue weighted by molar-refractivity contribution is -0.137. The second-order valence-corrected chi connectivity index (χ2v) is 5.10. The van der Waals surface area contributed by atoms with E-state index >= 15 is 0 Å². The first-order valence-electron chi connectivity index (χ1n) is 5.71. The van der Waals surface area contributed by atoms with E-state index in [9.17, 15) is 4.79 Å². The summed E-state index contributed by atoms with van der Waals surface area (Å²) < 4.78 is 0. The first-order chi connectivity index (χ1) is 7.13. The van der Waals surface area contributed by atoms with E-state index in [1.54, 1.807) is 0 Å². The Hall–Kier alpha value is -0.610. The molecule has 0 atom stereocenters. The molecule has 0 bridgehead atoms. The van der Waals surface area contributed by atoms with Gasteiger partial charge in [-0.05, 0) is 18.8 Å². The molecule has 0 aromatic carbocycles. The molecule has 4 heteroatoms. The molecule has 0 amide bonds. The molecular weight excluding hydrogens is 208 g/mol. The van der Waals surface area contributed by atoms with Crippen molar-refractivity contribution in [3.8, 4) is 0 Å². The Bertz CT molecular complexity index is 185. The van der Waals surface area contributed by atoms with Crippen molar-refractivity contribution in [2.75, 3.05) is 0 Å². The first kappa shape index (κ1) is 17.8. The van der Waals surface area contributed by atoms with Gasteiger partial charge < -0.3 is 15.3 Å². The number of aliphatic carboxylic acids is 1. The zero-order valence-corrected chi connectivity index (χ0v) is 11.0. The van der Waals surface area contributed by atoms with Gasteiger partial charge >= 0.3 is 5.97 Å². The minimum absolute atomic E-state index is 0.292. The number of hydrogen-bond donors (Lipinski definition) is 3. The smallest absolute Gasteiger partial charge is 0.303 e. The van der Waals surface area contributed by atoms with Crippen LogP contribution in [0.4, 0.5) is 0 Å². The van der Waals surface area contributed by atoms with Gasteiger partial charge in [-0.25, -0.2) is 0 Å². The largest absolute Gasteiger partial charge is 0.481 e. The van der Waals surface area contributed by atoms with Crippen molar-refractivity contribution in [3.63, 3.8) is 0 Å². The lowest BCUT2D eigenvalue weighted by atomic mass is 9.83. The van der Waals surface area contributed by atoms with Crippen molar-refractivity contribution >= 4 is 5.97 Å². The van der Waals surface area contributed by atoms with Crippen LogP contribution in [0.5, 0.6) is 0 Å². The van der Waals surface area contributed by atoms with Crippen molar-refractivity contribution in [2.24, 2.45) is 11.3 Å². The highest BCUT2D eigenvalue weighted by molar-refractivity contribution is 5.66. The predicted molar refractivity (Wildman–Crippen MR) is 64.0 cm³/mol. The number of aliphatic hydroxyl groups excluding tert-OH is 1. The summed E-state index contributed by atoms with van der Waals surface area (Å²) in [5, 5.41) is 25.7. The normalized spacial score (nSPS) is 11.3. The van der Waals surface area contributed by atoms with Crippen molar-refractivity contribution in [3.05, 3.63) is 0 Å². The Kier molecular flexibility index (Phi) is 9.48. The van der Waals surface area contributed by atoms with Crippen LogP contribution in [0.3, 0.4) is 0 Å². The number of rotatable bonds is 5. The van der Waals surface area contributed by atoms with Gasteiger partial charge in [-0.2, -0.15) is 0 Å². The molecule has 0 spiro atoms.